The van der Waals surface area contributed by atoms with Crippen molar-refractivity contribution in [1.29, 1.82) is 0 Å². The van der Waals surface area contributed by atoms with Gasteiger partial charge >= 0.3 is 0 Å². The number of nitrogens with one attached hydrogen (secondary N) is 1. The van der Waals surface area contributed by atoms with Crippen LogP contribution in [-0.4, -0.2) is 32.7 Å². The third-order valence-electron chi connectivity index (χ3n) is 3.41. The first kappa shape index (κ1) is 16.6. The fraction of sp³-hybridized carbons (Fsp3) is 0.500. The van der Waals surface area contributed by atoms with Crippen molar-refractivity contribution in [2.75, 3.05) is 20.8 Å². The number of hydrogen-bond donors (Lipinski definition) is 2. The fourth-order valence-corrected chi connectivity index (χ4v) is 2.11. The van der Waals surface area contributed by atoms with Crippen molar-refractivity contribution < 1.29 is 14.3 Å². The fourth-order valence-electron chi connectivity index (χ4n) is 2.11. The summed E-state index contributed by atoms with van der Waals surface area (Å²) in [6, 6.07) is 5.21. The molecule has 3 N–H and O–H groups in total. The topological polar surface area (TPSA) is 73.6 Å². The summed E-state index contributed by atoms with van der Waals surface area (Å²) in [5, 5.41) is 2.97. The van der Waals surface area contributed by atoms with E-state index in [0.717, 1.165) is 12.8 Å². The van der Waals surface area contributed by atoms with Crippen LogP contribution in [0.25, 0.3) is 0 Å². The first-order chi connectivity index (χ1) is 9.19. The van der Waals surface area contributed by atoms with Gasteiger partial charge in [-0.3, -0.25) is 4.79 Å². The standard InChI is InChI=1S/C14H20N2O3.ClH/c1-18-10-5-6-13(19-2)11(7-10)14(17)16-12(8-15)9-3-4-9;/h5-7,9,12H,3-4,8,15H2,1-2H3,(H,16,17);1H. The van der Waals surface area contributed by atoms with Gasteiger partial charge in [0.1, 0.15) is 11.5 Å². The second-order valence-corrected chi connectivity index (χ2v) is 4.72. The molecule has 0 aliphatic heterocycles. The second kappa shape index (κ2) is 7.36. The Balaban J connectivity index is 0.00000200. The number of nitrogens with two attached hydrogens (primary N) is 1. The lowest BCUT2D eigenvalue weighted by Gasteiger charge is -2.17. The first-order valence-corrected chi connectivity index (χ1v) is 6.42. The third-order valence-corrected chi connectivity index (χ3v) is 3.41. The molecule has 2 rings (SSSR count). The van der Waals surface area contributed by atoms with Crippen LogP contribution in [0, 0.1) is 5.92 Å². The molecule has 6 heteroatoms. The highest BCUT2D eigenvalue weighted by Gasteiger charge is 2.31. The zero-order valence-corrected chi connectivity index (χ0v) is 12.5. The molecule has 1 unspecified atom stereocenters. The van der Waals surface area contributed by atoms with E-state index in [9.17, 15) is 4.79 Å². The Hall–Kier alpha value is -1.46. The number of carbonyl (C=O) groups excluding carboxylic acids is 1. The third kappa shape index (κ3) is 3.77. The van der Waals surface area contributed by atoms with Crippen molar-refractivity contribution in [3.8, 4) is 11.5 Å². The van der Waals surface area contributed by atoms with Gasteiger partial charge < -0.3 is 20.5 Å². The molecule has 1 aromatic carbocycles. The molecule has 0 radical (unpaired) electrons. The highest BCUT2D eigenvalue weighted by molar-refractivity contribution is 5.97. The lowest BCUT2D eigenvalue weighted by atomic mass is 10.1. The van der Waals surface area contributed by atoms with Crippen LogP contribution in [0.15, 0.2) is 18.2 Å². The Kier molecular flexibility index (Phi) is 6.10. The number of ether oxygens (including phenoxy) is 2. The van der Waals surface area contributed by atoms with E-state index in [1.807, 2.05) is 0 Å². The van der Waals surface area contributed by atoms with Gasteiger partial charge in [0.15, 0.2) is 0 Å². The predicted octanol–water partition coefficient (Wildman–Crippen LogP) is 1.59. The number of benzene rings is 1. The second-order valence-electron chi connectivity index (χ2n) is 4.72. The number of carbonyl (C=O) groups is 1. The van der Waals surface area contributed by atoms with E-state index in [0.29, 0.717) is 29.5 Å². The maximum atomic E-state index is 12.3. The minimum absolute atomic E-state index is 0. The van der Waals surface area contributed by atoms with Gasteiger partial charge in [-0.25, -0.2) is 0 Å². The van der Waals surface area contributed by atoms with Gasteiger partial charge in [-0.2, -0.15) is 0 Å². The van der Waals surface area contributed by atoms with Gasteiger partial charge in [-0.15, -0.1) is 12.4 Å². The Bertz CT molecular complexity index is 464. The number of hydrogen-bond acceptors (Lipinski definition) is 4. The molecule has 0 bridgehead atoms. The summed E-state index contributed by atoms with van der Waals surface area (Å²) in [6.07, 6.45) is 2.27. The molecular weight excluding hydrogens is 280 g/mol. The van der Waals surface area contributed by atoms with Crippen molar-refractivity contribution in [3.63, 3.8) is 0 Å². The van der Waals surface area contributed by atoms with Gasteiger partial charge in [0.25, 0.3) is 5.91 Å². The van der Waals surface area contributed by atoms with E-state index in [-0.39, 0.29) is 24.4 Å². The summed E-state index contributed by atoms with van der Waals surface area (Å²) >= 11 is 0. The summed E-state index contributed by atoms with van der Waals surface area (Å²) in [5.41, 5.74) is 6.17. The Morgan fingerprint density at radius 3 is 2.60 bits per heavy atom. The largest absolute Gasteiger partial charge is 0.497 e. The molecule has 1 aliphatic carbocycles. The molecule has 1 saturated carbocycles. The molecule has 0 aromatic heterocycles. The molecule has 1 fully saturated rings. The summed E-state index contributed by atoms with van der Waals surface area (Å²) in [7, 11) is 3.11. The van der Waals surface area contributed by atoms with Gasteiger partial charge in [0.2, 0.25) is 0 Å². The normalized spacial score (nSPS) is 14.9. The zero-order chi connectivity index (χ0) is 13.8. The molecule has 1 atom stereocenters. The summed E-state index contributed by atoms with van der Waals surface area (Å²) in [5.74, 6) is 1.51. The number of amides is 1. The quantitative estimate of drug-likeness (QED) is 0.837. The van der Waals surface area contributed by atoms with E-state index in [4.69, 9.17) is 15.2 Å². The van der Waals surface area contributed by atoms with Crippen LogP contribution < -0.4 is 20.5 Å². The van der Waals surface area contributed by atoms with Crippen LogP contribution in [0.1, 0.15) is 23.2 Å². The van der Waals surface area contributed by atoms with E-state index in [1.165, 1.54) is 0 Å². The van der Waals surface area contributed by atoms with Crippen molar-refractivity contribution in [1.82, 2.24) is 5.32 Å². The van der Waals surface area contributed by atoms with Gasteiger partial charge in [-0.05, 0) is 37.0 Å². The predicted molar refractivity (Wildman–Crippen MR) is 79.8 cm³/mol. The highest BCUT2D eigenvalue weighted by Crippen LogP contribution is 2.32. The SMILES string of the molecule is COc1ccc(OC)c(C(=O)NC(CN)C2CC2)c1.Cl. The molecule has 0 saturated heterocycles. The van der Waals surface area contributed by atoms with E-state index in [1.54, 1.807) is 32.4 Å². The van der Waals surface area contributed by atoms with Crippen LogP contribution in [0.2, 0.25) is 0 Å². The first-order valence-electron chi connectivity index (χ1n) is 6.42. The van der Waals surface area contributed by atoms with Crippen molar-refractivity contribution in [2.24, 2.45) is 11.7 Å². The summed E-state index contributed by atoms with van der Waals surface area (Å²) < 4.78 is 10.3. The maximum absolute atomic E-state index is 12.3. The molecule has 112 valence electrons. The lowest BCUT2D eigenvalue weighted by molar-refractivity contribution is 0.0930. The average Bonchev–Trinajstić information content (AvgIpc) is 3.28. The van der Waals surface area contributed by atoms with Crippen LogP contribution in [0.3, 0.4) is 0 Å². The van der Waals surface area contributed by atoms with Crippen LogP contribution in [-0.2, 0) is 0 Å². The van der Waals surface area contributed by atoms with Crippen molar-refractivity contribution in [3.05, 3.63) is 23.8 Å². The van der Waals surface area contributed by atoms with Crippen LogP contribution in [0.4, 0.5) is 0 Å². The molecule has 0 heterocycles. The smallest absolute Gasteiger partial charge is 0.255 e. The molecule has 5 nitrogen and oxygen atoms in total. The summed E-state index contributed by atoms with van der Waals surface area (Å²) in [4.78, 5) is 12.3. The van der Waals surface area contributed by atoms with Crippen LogP contribution >= 0.6 is 12.4 Å². The minimum Gasteiger partial charge on any atom is -0.497 e. The van der Waals surface area contributed by atoms with Crippen molar-refractivity contribution >= 4 is 18.3 Å². The molecule has 1 amide bonds. The minimum atomic E-state index is -0.168. The van der Waals surface area contributed by atoms with Gasteiger partial charge in [0.05, 0.1) is 19.8 Å². The number of rotatable bonds is 6. The Morgan fingerprint density at radius 2 is 2.10 bits per heavy atom. The highest BCUT2D eigenvalue weighted by atomic mass is 35.5. The Morgan fingerprint density at radius 1 is 1.40 bits per heavy atom. The van der Waals surface area contributed by atoms with Crippen LogP contribution in [0.5, 0.6) is 11.5 Å². The lowest BCUT2D eigenvalue weighted by Crippen LogP contribution is -2.41. The van der Waals surface area contributed by atoms with Gasteiger partial charge in [-0.1, -0.05) is 0 Å². The Labute approximate surface area is 125 Å². The van der Waals surface area contributed by atoms with Gasteiger partial charge in [0, 0.05) is 12.6 Å². The maximum Gasteiger partial charge on any atom is 0.255 e. The van der Waals surface area contributed by atoms with E-state index in [2.05, 4.69) is 5.32 Å². The monoisotopic (exact) mass is 300 g/mol. The van der Waals surface area contributed by atoms with E-state index >= 15 is 0 Å². The number of methoxy groups -OCH3 is 2. The molecule has 20 heavy (non-hydrogen) atoms. The van der Waals surface area contributed by atoms with Crippen molar-refractivity contribution in [2.45, 2.75) is 18.9 Å². The summed E-state index contributed by atoms with van der Waals surface area (Å²) in [6.45, 7) is 0.461. The average molecular weight is 301 g/mol. The zero-order valence-electron chi connectivity index (χ0n) is 11.7. The molecule has 1 aliphatic rings. The number of halogens is 1. The van der Waals surface area contributed by atoms with E-state index < -0.39 is 0 Å². The molecule has 1 aromatic rings. The molecular formula is C14H21ClN2O3. The molecule has 0 spiro atoms.